The summed E-state index contributed by atoms with van der Waals surface area (Å²) >= 11 is 8.30. The first-order valence-electron chi connectivity index (χ1n) is 10.2. The Morgan fingerprint density at radius 2 is 1.11 bits per heavy atom. The molecule has 0 bridgehead atoms. The average molecular weight is 446 g/mol. The normalized spacial score (nSPS) is 11.7. The topological polar surface area (TPSA) is 3.24 Å². The molecule has 27 heavy (non-hydrogen) atoms. The summed E-state index contributed by atoms with van der Waals surface area (Å²) < 4.78 is 0. The number of benzene rings is 1. The highest BCUT2D eigenvalue weighted by molar-refractivity contribution is 8.03. The smallest absolute Gasteiger partial charge is 0.0366 e. The van der Waals surface area contributed by atoms with Crippen molar-refractivity contribution in [2.24, 2.45) is 0 Å². The first-order valence-corrected chi connectivity index (χ1v) is 14.8. The second-order valence-electron chi connectivity index (χ2n) is 7.40. The van der Waals surface area contributed by atoms with Crippen molar-refractivity contribution in [2.45, 2.75) is 40.0 Å². The molecule has 1 rings (SSSR count). The first kappa shape index (κ1) is 25.5. The number of nitrogens with zero attached hydrogens (tertiary/aromatic N) is 1. The van der Waals surface area contributed by atoms with E-state index < -0.39 is 0 Å². The second kappa shape index (κ2) is 15.3. The Bertz CT molecular complexity index is 454. The fourth-order valence-electron chi connectivity index (χ4n) is 2.62. The summed E-state index contributed by atoms with van der Waals surface area (Å²) in [6.45, 7) is 13.7. The molecule has 5 heteroatoms. The van der Waals surface area contributed by atoms with Gasteiger partial charge in [-0.3, -0.25) is 0 Å². The lowest BCUT2D eigenvalue weighted by Gasteiger charge is -2.26. The summed E-state index contributed by atoms with van der Waals surface area (Å²) in [5.74, 6) is 10.0. The van der Waals surface area contributed by atoms with Crippen LogP contribution in [0.4, 0.5) is 5.69 Å². The standard InChI is InChI=1S/C22H39NS4/c1-6-24-16-18-26-14-12-23(13-15-27-19-17-25-7-2)21-10-8-20(9-11-21)22(3,4)5/h8-11H,6-7,12-19H2,1-5H3. The molecular weight excluding hydrogens is 407 g/mol. The third-order valence-electron chi connectivity index (χ3n) is 4.26. The van der Waals surface area contributed by atoms with Gasteiger partial charge >= 0.3 is 0 Å². The SMILES string of the molecule is CCSCCSCCN(CCSCCSCC)c1ccc(C(C)(C)C)cc1. The Morgan fingerprint density at radius 1 is 0.667 bits per heavy atom. The molecular formula is C22H39NS4. The molecule has 1 aromatic carbocycles. The monoisotopic (exact) mass is 445 g/mol. The van der Waals surface area contributed by atoms with Gasteiger partial charge in [0.15, 0.2) is 0 Å². The maximum Gasteiger partial charge on any atom is 0.0366 e. The van der Waals surface area contributed by atoms with Gasteiger partial charge in [0.25, 0.3) is 0 Å². The molecule has 156 valence electrons. The molecule has 0 radical (unpaired) electrons. The summed E-state index contributed by atoms with van der Waals surface area (Å²) in [6.07, 6.45) is 0. The molecule has 1 aromatic rings. The fourth-order valence-corrected chi connectivity index (χ4v) is 6.19. The van der Waals surface area contributed by atoms with Gasteiger partial charge < -0.3 is 4.90 Å². The van der Waals surface area contributed by atoms with Crippen molar-refractivity contribution < 1.29 is 0 Å². The predicted octanol–water partition coefficient (Wildman–Crippen LogP) is 6.76. The van der Waals surface area contributed by atoms with Crippen LogP contribution < -0.4 is 4.90 Å². The van der Waals surface area contributed by atoms with E-state index in [0.717, 1.165) is 13.1 Å². The maximum absolute atomic E-state index is 2.59. The van der Waals surface area contributed by atoms with Gasteiger partial charge in [-0.2, -0.15) is 47.0 Å². The minimum Gasteiger partial charge on any atom is -0.370 e. The zero-order chi connectivity index (χ0) is 20.0. The molecule has 0 saturated carbocycles. The van der Waals surface area contributed by atoms with Gasteiger partial charge in [0.1, 0.15) is 0 Å². The summed E-state index contributed by atoms with van der Waals surface area (Å²) in [5.41, 5.74) is 3.03. The lowest BCUT2D eigenvalue weighted by Crippen LogP contribution is -2.28. The number of hydrogen-bond acceptors (Lipinski definition) is 5. The molecule has 0 saturated heterocycles. The second-order valence-corrected chi connectivity index (χ2v) is 12.6. The molecule has 0 amide bonds. The quantitative estimate of drug-likeness (QED) is 0.273. The predicted molar refractivity (Wildman–Crippen MR) is 138 cm³/mol. The van der Waals surface area contributed by atoms with Crippen LogP contribution in [-0.4, -0.2) is 59.1 Å². The third-order valence-corrected chi connectivity index (χ3v) is 8.51. The van der Waals surface area contributed by atoms with Crippen LogP contribution in [0.25, 0.3) is 0 Å². The molecule has 0 heterocycles. The highest BCUT2D eigenvalue weighted by Gasteiger charge is 2.14. The van der Waals surface area contributed by atoms with Crippen molar-refractivity contribution >= 4 is 52.7 Å². The van der Waals surface area contributed by atoms with Crippen molar-refractivity contribution in [3.05, 3.63) is 29.8 Å². The largest absolute Gasteiger partial charge is 0.370 e. The highest BCUT2D eigenvalue weighted by atomic mass is 32.2. The minimum absolute atomic E-state index is 0.225. The zero-order valence-corrected chi connectivity index (χ0v) is 21.2. The van der Waals surface area contributed by atoms with Gasteiger partial charge in [0.2, 0.25) is 0 Å². The molecule has 0 aromatic heterocycles. The van der Waals surface area contributed by atoms with E-state index in [0.29, 0.717) is 0 Å². The third kappa shape index (κ3) is 11.9. The number of thioether (sulfide) groups is 4. The van der Waals surface area contributed by atoms with Gasteiger partial charge in [0.05, 0.1) is 0 Å². The molecule has 0 aliphatic rings. The van der Waals surface area contributed by atoms with E-state index in [1.54, 1.807) is 0 Å². The van der Waals surface area contributed by atoms with Gasteiger partial charge in [-0.05, 0) is 34.6 Å². The molecule has 0 aliphatic carbocycles. The summed E-state index contributed by atoms with van der Waals surface area (Å²) in [7, 11) is 0. The summed E-state index contributed by atoms with van der Waals surface area (Å²) in [5, 5.41) is 0. The van der Waals surface area contributed by atoms with Crippen molar-refractivity contribution in [1.29, 1.82) is 0 Å². The fraction of sp³-hybridized carbons (Fsp3) is 0.727. The average Bonchev–Trinajstić information content (AvgIpc) is 2.65. The molecule has 0 N–H and O–H groups in total. The molecule has 0 atom stereocenters. The summed E-state index contributed by atoms with van der Waals surface area (Å²) in [6, 6.07) is 9.29. The Kier molecular flexibility index (Phi) is 14.4. The van der Waals surface area contributed by atoms with E-state index in [9.17, 15) is 0 Å². The van der Waals surface area contributed by atoms with Crippen molar-refractivity contribution in [2.75, 3.05) is 64.0 Å². The Balaban J connectivity index is 2.53. The van der Waals surface area contributed by atoms with Gasteiger partial charge in [-0.15, -0.1) is 0 Å². The minimum atomic E-state index is 0.225. The first-order chi connectivity index (χ1) is 13.0. The van der Waals surface area contributed by atoms with Crippen LogP contribution in [0.15, 0.2) is 24.3 Å². The lowest BCUT2D eigenvalue weighted by molar-refractivity contribution is 0.590. The molecule has 0 unspecified atom stereocenters. The van der Waals surface area contributed by atoms with Gasteiger partial charge in [0, 0.05) is 53.3 Å². The van der Waals surface area contributed by atoms with Crippen LogP contribution in [0, 0.1) is 0 Å². The van der Waals surface area contributed by atoms with E-state index in [2.05, 4.69) is 111 Å². The molecule has 0 fully saturated rings. The lowest BCUT2D eigenvalue weighted by atomic mass is 9.87. The van der Waals surface area contributed by atoms with E-state index in [1.165, 1.54) is 57.3 Å². The van der Waals surface area contributed by atoms with Crippen molar-refractivity contribution in [3.8, 4) is 0 Å². The van der Waals surface area contributed by atoms with Crippen LogP contribution >= 0.6 is 47.0 Å². The van der Waals surface area contributed by atoms with Gasteiger partial charge in [-0.1, -0.05) is 46.8 Å². The van der Waals surface area contributed by atoms with Gasteiger partial charge in [-0.25, -0.2) is 0 Å². The summed E-state index contributed by atoms with van der Waals surface area (Å²) in [4.78, 5) is 2.59. The highest BCUT2D eigenvalue weighted by Crippen LogP contribution is 2.25. The van der Waals surface area contributed by atoms with E-state index >= 15 is 0 Å². The Morgan fingerprint density at radius 3 is 1.52 bits per heavy atom. The van der Waals surface area contributed by atoms with E-state index in [1.807, 2.05) is 0 Å². The molecule has 0 spiro atoms. The van der Waals surface area contributed by atoms with Crippen LogP contribution in [0.5, 0.6) is 0 Å². The van der Waals surface area contributed by atoms with Crippen molar-refractivity contribution in [1.82, 2.24) is 0 Å². The van der Waals surface area contributed by atoms with E-state index in [4.69, 9.17) is 0 Å². The van der Waals surface area contributed by atoms with Crippen LogP contribution in [-0.2, 0) is 5.41 Å². The maximum atomic E-state index is 2.59. The van der Waals surface area contributed by atoms with Crippen LogP contribution in [0.1, 0.15) is 40.2 Å². The van der Waals surface area contributed by atoms with Crippen LogP contribution in [0.3, 0.4) is 0 Å². The number of hydrogen-bond donors (Lipinski definition) is 0. The van der Waals surface area contributed by atoms with E-state index in [-0.39, 0.29) is 5.41 Å². The Labute approximate surface area is 186 Å². The molecule has 0 aliphatic heterocycles. The Hall–Kier alpha value is 0.420. The zero-order valence-electron chi connectivity index (χ0n) is 18.0. The van der Waals surface area contributed by atoms with Crippen LogP contribution in [0.2, 0.25) is 0 Å². The number of anilines is 1. The molecule has 1 nitrogen and oxygen atoms in total. The van der Waals surface area contributed by atoms with Crippen molar-refractivity contribution in [3.63, 3.8) is 0 Å². The number of rotatable bonds is 15.